The highest BCUT2D eigenvalue weighted by Crippen LogP contribution is 2.16. The lowest BCUT2D eigenvalue weighted by Crippen LogP contribution is -2.40. The zero-order chi connectivity index (χ0) is 14.1. The van der Waals surface area contributed by atoms with Crippen molar-refractivity contribution in [3.05, 3.63) is 23.9 Å². The molecule has 0 unspecified atom stereocenters. The molecule has 0 heterocycles. The molecule has 0 spiro atoms. The van der Waals surface area contributed by atoms with Crippen LogP contribution in [0.15, 0.2) is 28.9 Å². The minimum absolute atomic E-state index is 0.518. The molecular weight excluding hydrogens is 220 g/mol. The molecule has 0 aliphatic heterocycles. The first-order chi connectivity index (χ1) is 8.51. The van der Waals surface area contributed by atoms with Gasteiger partial charge in [0.05, 0.1) is 0 Å². The van der Waals surface area contributed by atoms with Crippen LogP contribution in [0.25, 0.3) is 0 Å². The van der Waals surface area contributed by atoms with Gasteiger partial charge in [-0.1, -0.05) is 33.4 Å². The Labute approximate surface area is 113 Å². The maximum atomic E-state index is 4.69. The van der Waals surface area contributed by atoms with Crippen molar-refractivity contribution in [1.29, 1.82) is 0 Å². The zero-order valence-corrected chi connectivity index (χ0v) is 13.1. The van der Waals surface area contributed by atoms with Crippen molar-refractivity contribution in [3.63, 3.8) is 0 Å². The average Bonchev–Trinajstić information content (AvgIpc) is 2.35. The topological polar surface area (TPSA) is 15.6 Å². The predicted octanol–water partition coefficient (Wildman–Crippen LogP) is 4.79. The number of amidine groups is 1. The van der Waals surface area contributed by atoms with E-state index in [2.05, 4.69) is 57.2 Å². The summed E-state index contributed by atoms with van der Waals surface area (Å²) in [5.41, 5.74) is 2.19. The molecule has 0 saturated carbocycles. The second-order valence-electron chi connectivity index (χ2n) is 4.79. The molecule has 0 aromatic rings. The van der Waals surface area contributed by atoms with Crippen LogP contribution in [0.5, 0.6) is 0 Å². The molecule has 0 radical (unpaired) electrons. The van der Waals surface area contributed by atoms with Crippen LogP contribution >= 0.6 is 0 Å². The van der Waals surface area contributed by atoms with Crippen molar-refractivity contribution in [1.82, 2.24) is 4.90 Å². The van der Waals surface area contributed by atoms with Gasteiger partial charge in [-0.15, -0.1) is 0 Å². The molecule has 18 heavy (non-hydrogen) atoms. The molecule has 0 fully saturated rings. The maximum Gasteiger partial charge on any atom is 0.131 e. The first-order valence-electron chi connectivity index (χ1n) is 7.18. The number of rotatable bonds is 7. The Hall–Kier alpha value is -1.05. The Morgan fingerprint density at radius 3 is 2.28 bits per heavy atom. The molecule has 2 nitrogen and oxygen atoms in total. The molecule has 0 rings (SSSR count). The van der Waals surface area contributed by atoms with Gasteiger partial charge in [-0.05, 0) is 45.6 Å². The van der Waals surface area contributed by atoms with Crippen molar-refractivity contribution < 1.29 is 0 Å². The second kappa shape index (κ2) is 8.96. The van der Waals surface area contributed by atoms with Crippen LogP contribution < -0.4 is 0 Å². The van der Waals surface area contributed by atoms with Crippen molar-refractivity contribution in [2.75, 3.05) is 6.54 Å². The summed E-state index contributed by atoms with van der Waals surface area (Å²) in [7, 11) is 0. The van der Waals surface area contributed by atoms with Gasteiger partial charge in [0, 0.05) is 18.3 Å². The van der Waals surface area contributed by atoms with Crippen LogP contribution in [-0.2, 0) is 0 Å². The van der Waals surface area contributed by atoms with Crippen LogP contribution in [0, 0.1) is 0 Å². The molecule has 104 valence electrons. The molecule has 2 heteroatoms. The molecule has 0 amide bonds. The normalized spacial score (nSPS) is 14.6. The minimum atomic E-state index is 0.518. The van der Waals surface area contributed by atoms with Gasteiger partial charge in [-0.25, -0.2) is 4.99 Å². The van der Waals surface area contributed by atoms with Crippen LogP contribution in [0.1, 0.15) is 60.8 Å². The van der Waals surface area contributed by atoms with E-state index in [9.17, 15) is 0 Å². The van der Waals surface area contributed by atoms with Crippen LogP contribution in [0.3, 0.4) is 0 Å². The third-order valence-electron chi connectivity index (χ3n) is 3.17. The first-order valence-corrected chi connectivity index (χ1v) is 7.18. The van der Waals surface area contributed by atoms with Gasteiger partial charge in [0.25, 0.3) is 0 Å². The summed E-state index contributed by atoms with van der Waals surface area (Å²) < 4.78 is 0. The summed E-state index contributed by atoms with van der Waals surface area (Å²) in [5.74, 6) is 1.11. The molecule has 1 atom stereocenters. The summed E-state index contributed by atoms with van der Waals surface area (Å²) in [6.45, 7) is 17.9. The number of hydrogen-bond acceptors (Lipinski definition) is 1. The lowest BCUT2D eigenvalue weighted by molar-refractivity contribution is 0.321. The standard InChI is InChI=1S/C16H30N2/c1-8-12-18(14(7)9-2)16(17-13(5)6)15(10-3)11-4/h10,14H,5,8-9,11-12H2,1-4,6-7H3/b15-10+,17-16+/t14-/m0/s1. The minimum Gasteiger partial charge on any atom is -0.354 e. The van der Waals surface area contributed by atoms with E-state index in [1.807, 2.05) is 6.92 Å². The second-order valence-corrected chi connectivity index (χ2v) is 4.79. The molecule has 0 aliphatic carbocycles. The summed E-state index contributed by atoms with van der Waals surface area (Å²) >= 11 is 0. The van der Waals surface area contributed by atoms with Gasteiger partial charge in [0.15, 0.2) is 0 Å². The Morgan fingerprint density at radius 2 is 1.94 bits per heavy atom. The van der Waals surface area contributed by atoms with Gasteiger partial charge < -0.3 is 4.90 Å². The number of allylic oxidation sites excluding steroid dienone is 2. The summed E-state index contributed by atoms with van der Waals surface area (Å²) in [4.78, 5) is 7.11. The van der Waals surface area contributed by atoms with Crippen molar-refractivity contribution in [2.45, 2.75) is 66.8 Å². The van der Waals surface area contributed by atoms with E-state index < -0.39 is 0 Å². The zero-order valence-electron chi connectivity index (χ0n) is 13.1. The van der Waals surface area contributed by atoms with Gasteiger partial charge in [0.2, 0.25) is 0 Å². The molecule has 0 aromatic heterocycles. The molecular formula is C16H30N2. The number of nitrogens with zero attached hydrogens (tertiary/aromatic N) is 2. The van der Waals surface area contributed by atoms with Crippen molar-refractivity contribution >= 4 is 5.84 Å². The van der Waals surface area contributed by atoms with E-state index in [1.54, 1.807) is 0 Å². The lowest BCUT2D eigenvalue weighted by atomic mass is 10.1. The third-order valence-corrected chi connectivity index (χ3v) is 3.17. The fourth-order valence-electron chi connectivity index (χ4n) is 1.99. The summed E-state index contributed by atoms with van der Waals surface area (Å²) in [5, 5.41) is 0. The smallest absolute Gasteiger partial charge is 0.131 e. The summed E-state index contributed by atoms with van der Waals surface area (Å²) in [6, 6.07) is 0.518. The average molecular weight is 250 g/mol. The van der Waals surface area contributed by atoms with E-state index in [0.29, 0.717) is 6.04 Å². The van der Waals surface area contributed by atoms with Crippen LogP contribution in [0.2, 0.25) is 0 Å². The van der Waals surface area contributed by atoms with Crippen LogP contribution in [-0.4, -0.2) is 23.3 Å². The highest BCUT2D eigenvalue weighted by molar-refractivity contribution is 5.99. The Bertz CT molecular complexity index is 313. The third kappa shape index (κ3) is 5.07. The SMILES string of the molecule is C=C(C)/N=C(\C(=C\C)CC)N(CCC)[C@@H](C)CC. The van der Waals surface area contributed by atoms with Crippen molar-refractivity contribution in [2.24, 2.45) is 4.99 Å². The van der Waals surface area contributed by atoms with Gasteiger partial charge >= 0.3 is 0 Å². The Morgan fingerprint density at radius 1 is 1.33 bits per heavy atom. The Kier molecular flexibility index (Phi) is 8.43. The molecule has 0 saturated heterocycles. The van der Waals surface area contributed by atoms with Crippen molar-refractivity contribution in [3.8, 4) is 0 Å². The molecule has 0 aliphatic rings. The number of hydrogen-bond donors (Lipinski definition) is 0. The van der Waals surface area contributed by atoms with E-state index >= 15 is 0 Å². The fraction of sp³-hybridized carbons (Fsp3) is 0.688. The Balaban J connectivity index is 5.43. The van der Waals surface area contributed by atoms with Gasteiger partial charge in [0.1, 0.15) is 5.84 Å². The highest BCUT2D eigenvalue weighted by atomic mass is 15.2. The molecule has 0 aromatic carbocycles. The van der Waals surface area contributed by atoms with E-state index in [0.717, 1.165) is 37.3 Å². The monoisotopic (exact) mass is 250 g/mol. The quantitative estimate of drug-likeness (QED) is 0.469. The van der Waals surface area contributed by atoms with E-state index in [-0.39, 0.29) is 0 Å². The summed E-state index contributed by atoms with van der Waals surface area (Å²) in [6.07, 6.45) is 5.46. The van der Waals surface area contributed by atoms with Crippen LogP contribution in [0.4, 0.5) is 0 Å². The predicted molar refractivity (Wildman–Crippen MR) is 83.0 cm³/mol. The highest BCUT2D eigenvalue weighted by Gasteiger charge is 2.18. The first kappa shape index (κ1) is 16.9. The maximum absolute atomic E-state index is 4.69. The molecule has 0 bridgehead atoms. The van der Waals surface area contributed by atoms with Gasteiger partial charge in [-0.3, -0.25) is 0 Å². The van der Waals surface area contributed by atoms with Gasteiger partial charge in [-0.2, -0.15) is 0 Å². The van der Waals surface area contributed by atoms with E-state index in [4.69, 9.17) is 0 Å². The lowest BCUT2D eigenvalue weighted by Gasteiger charge is -2.32. The fourth-order valence-corrected chi connectivity index (χ4v) is 1.99. The van der Waals surface area contributed by atoms with E-state index in [1.165, 1.54) is 5.57 Å². The molecule has 0 N–H and O–H groups in total. The largest absolute Gasteiger partial charge is 0.354 e. The number of aliphatic imine (C=N–C) groups is 1.